The largest absolute Gasteiger partial charge is 0.437 e. The van der Waals surface area contributed by atoms with Crippen molar-refractivity contribution in [2.24, 2.45) is 0 Å². The molecule has 0 fully saturated rings. The SMILES string of the molecule is CCC(NC(=O)Nc1ccc(Oc2nncc3ccccc23)cc1)c1ccncc1. The predicted molar refractivity (Wildman–Crippen MR) is 115 cm³/mol. The Morgan fingerprint density at radius 3 is 2.57 bits per heavy atom. The van der Waals surface area contributed by atoms with Crippen LogP contribution in [0.4, 0.5) is 10.5 Å². The van der Waals surface area contributed by atoms with Crippen LogP contribution >= 0.6 is 0 Å². The van der Waals surface area contributed by atoms with Crippen molar-refractivity contribution >= 4 is 22.5 Å². The second-order valence-electron chi connectivity index (χ2n) is 6.70. The van der Waals surface area contributed by atoms with E-state index in [2.05, 4.69) is 25.8 Å². The minimum atomic E-state index is -0.271. The van der Waals surface area contributed by atoms with Crippen molar-refractivity contribution in [2.75, 3.05) is 5.32 Å². The van der Waals surface area contributed by atoms with Gasteiger partial charge in [-0.1, -0.05) is 25.1 Å². The zero-order chi connectivity index (χ0) is 20.8. The predicted octanol–water partition coefficient (Wildman–Crippen LogP) is 5.09. The minimum absolute atomic E-state index is 0.0828. The molecule has 30 heavy (non-hydrogen) atoms. The Labute approximate surface area is 174 Å². The number of nitrogens with one attached hydrogen (secondary N) is 2. The minimum Gasteiger partial charge on any atom is -0.437 e. The molecule has 0 saturated heterocycles. The van der Waals surface area contributed by atoms with E-state index in [0.29, 0.717) is 17.3 Å². The van der Waals surface area contributed by atoms with Crippen LogP contribution in [-0.4, -0.2) is 21.2 Å². The van der Waals surface area contributed by atoms with Crippen molar-refractivity contribution in [1.29, 1.82) is 0 Å². The van der Waals surface area contributed by atoms with E-state index in [0.717, 1.165) is 22.8 Å². The van der Waals surface area contributed by atoms with Crippen LogP contribution in [0.5, 0.6) is 11.6 Å². The zero-order valence-electron chi connectivity index (χ0n) is 16.4. The van der Waals surface area contributed by atoms with E-state index in [1.165, 1.54) is 0 Å². The monoisotopic (exact) mass is 399 g/mol. The average Bonchev–Trinajstić information content (AvgIpc) is 2.79. The summed E-state index contributed by atoms with van der Waals surface area (Å²) in [6.45, 7) is 2.02. The Morgan fingerprint density at radius 1 is 1.03 bits per heavy atom. The van der Waals surface area contributed by atoms with Gasteiger partial charge in [0.2, 0.25) is 5.88 Å². The van der Waals surface area contributed by atoms with Crippen LogP contribution in [0, 0.1) is 0 Å². The number of hydrogen-bond donors (Lipinski definition) is 2. The lowest BCUT2D eigenvalue weighted by atomic mass is 10.1. The number of carbonyl (C=O) groups is 1. The normalized spacial score (nSPS) is 11.6. The maximum absolute atomic E-state index is 12.4. The van der Waals surface area contributed by atoms with Crippen LogP contribution in [0.15, 0.2) is 79.3 Å². The first-order valence-corrected chi connectivity index (χ1v) is 9.68. The fourth-order valence-electron chi connectivity index (χ4n) is 3.14. The summed E-state index contributed by atoms with van der Waals surface area (Å²) >= 11 is 0. The summed E-state index contributed by atoms with van der Waals surface area (Å²) in [5.74, 6) is 1.05. The number of carbonyl (C=O) groups excluding carboxylic acids is 1. The van der Waals surface area contributed by atoms with Crippen molar-refractivity contribution in [2.45, 2.75) is 19.4 Å². The number of nitrogens with zero attached hydrogens (tertiary/aromatic N) is 3. The van der Waals surface area contributed by atoms with E-state index >= 15 is 0 Å². The number of rotatable bonds is 6. The molecule has 1 unspecified atom stereocenters. The zero-order valence-corrected chi connectivity index (χ0v) is 16.4. The van der Waals surface area contributed by atoms with Crippen LogP contribution in [0.3, 0.4) is 0 Å². The Hall–Kier alpha value is -4.00. The van der Waals surface area contributed by atoms with E-state index in [1.54, 1.807) is 42.9 Å². The van der Waals surface area contributed by atoms with Crippen molar-refractivity contribution in [3.8, 4) is 11.6 Å². The highest BCUT2D eigenvalue weighted by Gasteiger charge is 2.13. The summed E-state index contributed by atoms with van der Waals surface area (Å²) in [7, 11) is 0. The number of ether oxygens (including phenoxy) is 1. The van der Waals surface area contributed by atoms with Crippen molar-refractivity contribution in [1.82, 2.24) is 20.5 Å². The lowest BCUT2D eigenvalue weighted by Crippen LogP contribution is -2.32. The van der Waals surface area contributed by atoms with Crippen LogP contribution < -0.4 is 15.4 Å². The van der Waals surface area contributed by atoms with E-state index in [4.69, 9.17) is 4.74 Å². The molecule has 2 aromatic carbocycles. The maximum Gasteiger partial charge on any atom is 0.319 e. The Kier molecular flexibility index (Phi) is 5.80. The van der Waals surface area contributed by atoms with Crippen molar-refractivity contribution < 1.29 is 9.53 Å². The third kappa shape index (κ3) is 4.52. The first kappa shape index (κ1) is 19.3. The molecule has 2 heterocycles. The molecule has 2 aromatic heterocycles. The molecule has 7 heteroatoms. The van der Waals surface area contributed by atoms with E-state index in [-0.39, 0.29) is 12.1 Å². The molecule has 2 amide bonds. The van der Waals surface area contributed by atoms with Gasteiger partial charge in [-0.15, -0.1) is 5.10 Å². The van der Waals surface area contributed by atoms with Crippen LogP contribution in [0.25, 0.3) is 10.8 Å². The molecular weight excluding hydrogens is 378 g/mol. The van der Waals surface area contributed by atoms with Gasteiger partial charge >= 0.3 is 6.03 Å². The molecule has 0 radical (unpaired) electrons. The Morgan fingerprint density at radius 2 is 1.80 bits per heavy atom. The second kappa shape index (κ2) is 9.00. The van der Waals surface area contributed by atoms with E-state index in [9.17, 15) is 4.79 Å². The molecule has 0 aliphatic heterocycles. The summed E-state index contributed by atoms with van der Waals surface area (Å²) in [6, 6.07) is 18.3. The molecule has 4 aromatic rings. The molecule has 2 N–H and O–H groups in total. The number of hydrogen-bond acceptors (Lipinski definition) is 5. The molecule has 0 aliphatic rings. The Bertz CT molecular complexity index is 1130. The molecule has 0 spiro atoms. The van der Waals surface area contributed by atoms with Gasteiger partial charge in [0, 0.05) is 28.9 Å². The lowest BCUT2D eigenvalue weighted by Gasteiger charge is -2.17. The summed E-state index contributed by atoms with van der Waals surface area (Å²) < 4.78 is 5.88. The van der Waals surface area contributed by atoms with Gasteiger partial charge in [0.25, 0.3) is 0 Å². The van der Waals surface area contributed by atoms with Crippen LogP contribution in [-0.2, 0) is 0 Å². The highest BCUT2D eigenvalue weighted by atomic mass is 16.5. The fourth-order valence-corrected chi connectivity index (χ4v) is 3.14. The molecule has 1 atom stereocenters. The number of benzene rings is 2. The lowest BCUT2D eigenvalue weighted by molar-refractivity contribution is 0.248. The van der Waals surface area contributed by atoms with E-state index in [1.807, 2.05) is 43.3 Å². The molecule has 4 rings (SSSR count). The van der Waals surface area contributed by atoms with Crippen molar-refractivity contribution in [3.05, 3.63) is 84.8 Å². The molecule has 0 aliphatic carbocycles. The van der Waals surface area contributed by atoms with Gasteiger partial charge in [0.15, 0.2) is 0 Å². The summed E-state index contributed by atoms with van der Waals surface area (Å²) in [4.78, 5) is 16.4. The third-order valence-corrected chi connectivity index (χ3v) is 4.69. The summed E-state index contributed by atoms with van der Waals surface area (Å²) in [6.07, 6.45) is 5.91. The third-order valence-electron chi connectivity index (χ3n) is 4.69. The van der Waals surface area contributed by atoms with Gasteiger partial charge in [0.05, 0.1) is 12.2 Å². The maximum atomic E-state index is 12.4. The van der Waals surface area contributed by atoms with Gasteiger partial charge in [-0.2, -0.15) is 5.10 Å². The first-order valence-electron chi connectivity index (χ1n) is 9.68. The van der Waals surface area contributed by atoms with Crippen molar-refractivity contribution in [3.63, 3.8) is 0 Å². The molecular formula is C23H21N5O2. The first-order chi connectivity index (χ1) is 14.7. The molecule has 150 valence electrons. The summed E-state index contributed by atoms with van der Waals surface area (Å²) in [5, 5.41) is 15.7. The van der Waals surface area contributed by atoms with Gasteiger partial charge in [-0.05, 0) is 54.4 Å². The molecule has 0 saturated carbocycles. The smallest absolute Gasteiger partial charge is 0.319 e. The van der Waals surface area contributed by atoms with Gasteiger partial charge in [0.1, 0.15) is 5.75 Å². The van der Waals surface area contributed by atoms with Crippen LogP contribution in [0.1, 0.15) is 24.9 Å². The number of aromatic nitrogens is 3. The number of fused-ring (bicyclic) bond motifs is 1. The van der Waals surface area contributed by atoms with Gasteiger partial charge in [-0.3, -0.25) is 4.98 Å². The number of pyridine rings is 1. The molecule has 0 bridgehead atoms. The number of amides is 2. The van der Waals surface area contributed by atoms with Crippen LogP contribution in [0.2, 0.25) is 0 Å². The Balaban J connectivity index is 1.40. The topological polar surface area (TPSA) is 89.0 Å². The quantitative estimate of drug-likeness (QED) is 0.471. The average molecular weight is 399 g/mol. The fraction of sp³-hybridized carbons (Fsp3) is 0.130. The number of anilines is 1. The summed E-state index contributed by atoms with van der Waals surface area (Å²) in [5.41, 5.74) is 1.68. The van der Waals surface area contributed by atoms with Gasteiger partial charge in [-0.25, -0.2) is 4.79 Å². The van der Waals surface area contributed by atoms with Gasteiger partial charge < -0.3 is 15.4 Å². The second-order valence-corrected chi connectivity index (χ2v) is 6.70. The number of urea groups is 1. The highest BCUT2D eigenvalue weighted by Crippen LogP contribution is 2.27. The standard InChI is InChI=1S/C23H21N5O2/c1-2-21(16-11-13-24-14-12-16)27-23(29)26-18-7-9-19(10-8-18)30-22-20-6-4-3-5-17(20)15-25-28-22/h3-15,21H,2H2,1H3,(H2,26,27,29). The highest BCUT2D eigenvalue weighted by molar-refractivity contribution is 5.89. The molecule has 7 nitrogen and oxygen atoms in total. The van der Waals surface area contributed by atoms with E-state index < -0.39 is 0 Å².